The minimum absolute atomic E-state index is 0.568. The summed E-state index contributed by atoms with van der Waals surface area (Å²) in [6, 6.07) is 8.06. The van der Waals surface area contributed by atoms with Crippen molar-refractivity contribution in [1.29, 1.82) is 0 Å². The van der Waals surface area contributed by atoms with E-state index in [9.17, 15) is 5.11 Å². The molecule has 0 aliphatic carbocycles. The van der Waals surface area contributed by atoms with Crippen molar-refractivity contribution >= 4 is 0 Å². The smallest absolute Gasteiger partial charge is 0.118 e. The summed E-state index contributed by atoms with van der Waals surface area (Å²) in [5, 5.41) is 10.3. The highest BCUT2D eigenvalue weighted by Gasteiger charge is 2.23. The highest BCUT2D eigenvalue weighted by Crippen LogP contribution is 2.18. The van der Waals surface area contributed by atoms with E-state index < -0.39 is 5.60 Å². The largest absolute Gasteiger partial charge is 0.497 e. The zero-order valence-corrected chi connectivity index (χ0v) is 11.9. The van der Waals surface area contributed by atoms with Crippen LogP contribution in [0.2, 0.25) is 0 Å². The molecule has 1 rings (SSSR count). The van der Waals surface area contributed by atoms with Crippen LogP contribution in [0.4, 0.5) is 0 Å². The molecule has 0 amide bonds. The van der Waals surface area contributed by atoms with Gasteiger partial charge in [0, 0.05) is 13.1 Å². The van der Waals surface area contributed by atoms with Crippen molar-refractivity contribution in [2.75, 3.05) is 20.7 Å². The first-order chi connectivity index (χ1) is 8.53. The standard InChI is InChI=1S/C15H25NO2/c1-5-15(17,6-2)12-16(3)11-13-7-9-14(18-4)10-8-13/h7-10,17H,5-6,11-12H2,1-4H3. The average Bonchev–Trinajstić information content (AvgIpc) is 2.39. The Bertz CT molecular complexity index is 344. The first kappa shape index (κ1) is 15.0. The van der Waals surface area contributed by atoms with E-state index in [1.807, 2.05) is 33.0 Å². The molecular weight excluding hydrogens is 226 g/mol. The maximum atomic E-state index is 10.3. The average molecular weight is 251 g/mol. The van der Waals surface area contributed by atoms with E-state index in [4.69, 9.17) is 4.74 Å². The zero-order chi connectivity index (χ0) is 13.6. The highest BCUT2D eigenvalue weighted by atomic mass is 16.5. The van der Waals surface area contributed by atoms with Gasteiger partial charge in [-0.15, -0.1) is 0 Å². The van der Waals surface area contributed by atoms with Crippen LogP contribution in [0.25, 0.3) is 0 Å². The minimum Gasteiger partial charge on any atom is -0.497 e. The van der Waals surface area contributed by atoms with Gasteiger partial charge in [0.2, 0.25) is 0 Å². The molecule has 0 heterocycles. The fourth-order valence-corrected chi connectivity index (χ4v) is 2.07. The summed E-state index contributed by atoms with van der Waals surface area (Å²) in [5.74, 6) is 0.875. The summed E-state index contributed by atoms with van der Waals surface area (Å²) in [5.41, 5.74) is 0.661. The highest BCUT2D eigenvalue weighted by molar-refractivity contribution is 5.27. The Balaban J connectivity index is 2.55. The lowest BCUT2D eigenvalue weighted by Crippen LogP contribution is -2.40. The van der Waals surface area contributed by atoms with Crippen LogP contribution >= 0.6 is 0 Å². The lowest BCUT2D eigenvalue weighted by atomic mass is 9.97. The molecule has 3 nitrogen and oxygen atoms in total. The van der Waals surface area contributed by atoms with Crippen molar-refractivity contribution in [3.8, 4) is 5.75 Å². The zero-order valence-electron chi connectivity index (χ0n) is 11.9. The lowest BCUT2D eigenvalue weighted by molar-refractivity contribution is 0.00130. The molecule has 0 aliphatic rings. The molecule has 0 atom stereocenters. The summed E-state index contributed by atoms with van der Waals surface area (Å²) < 4.78 is 5.14. The van der Waals surface area contributed by atoms with Gasteiger partial charge < -0.3 is 9.84 Å². The van der Waals surface area contributed by atoms with Crippen molar-refractivity contribution in [1.82, 2.24) is 4.90 Å². The number of methoxy groups -OCH3 is 1. The third-order valence-electron chi connectivity index (χ3n) is 3.49. The van der Waals surface area contributed by atoms with Gasteiger partial charge >= 0.3 is 0 Å². The van der Waals surface area contributed by atoms with E-state index in [2.05, 4.69) is 17.0 Å². The predicted molar refractivity (Wildman–Crippen MR) is 74.9 cm³/mol. The van der Waals surface area contributed by atoms with Crippen LogP contribution in [0.5, 0.6) is 5.75 Å². The summed E-state index contributed by atoms with van der Waals surface area (Å²) in [6.07, 6.45) is 1.58. The van der Waals surface area contributed by atoms with Gasteiger partial charge in [0.05, 0.1) is 12.7 Å². The maximum absolute atomic E-state index is 10.3. The van der Waals surface area contributed by atoms with Crippen LogP contribution in [0.3, 0.4) is 0 Å². The molecule has 1 aromatic rings. The molecule has 0 spiro atoms. The number of nitrogens with zero attached hydrogens (tertiary/aromatic N) is 1. The molecule has 0 saturated heterocycles. The molecule has 0 fully saturated rings. The fraction of sp³-hybridized carbons (Fsp3) is 0.600. The van der Waals surface area contributed by atoms with Crippen molar-refractivity contribution < 1.29 is 9.84 Å². The Kier molecular flexibility index (Phi) is 5.63. The summed E-state index contributed by atoms with van der Waals surface area (Å²) in [4.78, 5) is 2.16. The maximum Gasteiger partial charge on any atom is 0.118 e. The second-order valence-corrected chi connectivity index (χ2v) is 4.95. The molecule has 0 aromatic heterocycles. The molecule has 0 radical (unpaired) electrons. The van der Waals surface area contributed by atoms with Crippen LogP contribution < -0.4 is 4.74 Å². The van der Waals surface area contributed by atoms with E-state index in [1.54, 1.807) is 7.11 Å². The Morgan fingerprint density at radius 3 is 2.17 bits per heavy atom. The molecule has 0 unspecified atom stereocenters. The second-order valence-electron chi connectivity index (χ2n) is 4.95. The third kappa shape index (κ3) is 4.31. The van der Waals surface area contributed by atoms with Crippen molar-refractivity contribution in [3.05, 3.63) is 29.8 Å². The van der Waals surface area contributed by atoms with Gasteiger partial charge in [-0.05, 0) is 37.6 Å². The summed E-state index contributed by atoms with van der Waals surface area (Å²) >= 11 is 0. The molecule has 3 heteroatoms. The van der Waals surface area contributed by atoms with E-state index in [0.717, 1.165) is 25.1 Å². The van der Waals surface area contributed by atoms with Gasteiger partial charge in [-0.1, -0.05) is 26.0 Å². The molecule has 18 heavy (non-hydrogen) atoms. The number of likely N-dealkylation sites (N-methyl/N-ethyl adjacent to an activating group) is 1. The number of hydrogen-bond donors (Lipinski definition) is 1. The number of ether oxygens (including phenoxy) is 1. The van der Waals surface area contributed by atoms with Crippen LogP contribution in [0.15, 0.2) is 24.3 Å². The Hall–Kier alpha value is -1.06. The van der Waals surface area contributed by atoms with E-state index in [1.165, 1.54) is 5.56 Å². The number of rotatable bonds is 7. The quantitative estimate of drug-likeness (QED) is 0.808. The monoisotopic (exact) mass is 251 g/mol. The normalized spacial score (nSPS) is 11.9. The van der Waals surface area contributed by atoms with Crippen molar-refractivity contribution in [3.63, 3.8) is 0 Å². The van der Waals surface area contributed by atoms with Gasteiger partial charge in [0.15, 0.2) is 0 Å². The van der Waals surface area contributed by atoms with E-state index in [-0.39, 0.29) is 0 Å². The SMILES string of the molecule is CCC(O)(CC)CN(C)Cc1ccc(OC)cc1. The van der Waals surface area contributed by atoms with E-state index in [0.29, 0.717) is 6.54 Å². The van der Waals surface area contributed by atoms with Crippen molar-refractivity contribution in [2.24, 2.45) is 0 Å². The molecule has 0 aliphatic heterocycles. The predicted octanol–water partition coefficient (Wildman–Crippen LogP) is 2.68. The van der Waals surface area contributed by atoms with Gasteiger partial charge in [-0.3, -0.25) is 4.90 Å². The van der Waals surface area contributed by atoms with Crippen LogP contribution in [-0.2, 0) is 6.54 Å². The topological polar surface area (TPSA) is 32.7 Å². The first-order valence-corrected chi connectivity index (χ1v) is 6.57. The fourth-order valence-electron chi connectivity index (χ4n) is 2.07. The van der Waals surface area contributed by atoms with Gasteiger partial charge in [-0.2, -0.15) is 0 Å². The second kappa shape index (κ2) is 6.76. The van der Waals surface area contributed by atoms with Crippen LogP contribution in [-0.4, -0.2) is 36.3 Å². The van der Waals surface area contributed by atoms with Crippen LogP contribution in [0, 0.1) is 0 Å². The van der Waals surface area contributed by atoms with Crippen LogP contribution in [0.1, 0.15) is 32.3 Å². The first-order valence-electron chi connectivity index (χ1n) is 6.57. The Morgan fingerprint density at radius 1 is 1.17 bits per heavy atom. The number of benzene rings is 1. The number of aliphatic hydroxyl groups is 1. The van der Waals surface area contributed by atoms with E-state index >= 15 is 0 Å². The van der Waals surface area contributed by atoms with Gasteiger partial charge in [0.1, 0.15) is 5.75 Å². The van der Waals surface area contributed by atoms with Crippen molar-refractivity contribution in [2.45, 2.75) is 38.8 Å². The molecule has 1 aromatic carbocycles. The third-order valence-corrected chi connectivity index (χ3v) is 3.49. The summed E-state index contributed by atoms with van der Waals surface area (Å²) in [6.45, 7) is 5.60. The Morgan fingerprint density at radius 2 is 1.72 bits per heavy atom. The summed E-state index contributed by atoms with van der Waals surface area (Å²) in [7, 11) is 3.71. The number of hydrogen-bond acceptors (Lipinski definition) is 3. The molecule has 1 N–H and O–H groups in total. The molecule has 0 bridgehead atoms. The molecule has 102 valence electrons. The Labute approximate surface area is 110 Å². The van der Waals surface area contributed by atoms with Gasteiger partial charge in [0.25, 0.3) is 0 Å². The lowest BCUT2D eigenvalue weighted by Gasteiger charge is -2.30. The minimum atomic E-state index is -0.568. The van der Waals surface area contributed by atoms with Gasteiger partial charge in [-0.25, -0.2) is 0 Å². The molecule has 0 saturated carbocycles. The molecular formula is C15H25NO2.